The highest BCUT2D eigenvalue weighted by Gasteiger charge is 2.24. The highest BCUT2D eigenvalue weighted by atomic mass is 16.2. The molecule has 20 heavy (non-hydrogen) atoms. The number of nitrogens with two attached hydrogens (primary N) is 1. The number of amides is 1. The van der Waals surface area contributed by atoms with Gasteiger partial charge in [-0.05, 0) is 31.2 Å². The summed E-state index contributed by atoms with van der Waals surface area (Å²) in [7, 11) is 0. The third-order valence-corrected chi connectivity index (χ3v) is 3.84. The number of hydrogen-bond acceptors (Lipinski definition) is 4. The molecule has 0 spiro atoms. The van der Waals surface area contributed by atoms with Crippen molar-refractivity contribution >= 4 is 5.91 Å². The molecule has 2 rings (SSSR count). The first kappa shape index (κ1) is 14.5. The van der Waals surface area contributed by atoms with Crippen molar-refractivity contribution in [2.45, 2.75) is 38.8 Å². The number of nitriles is 1. The Hall–Kier alpha value is -1.87. The number of likely N-dealkylation sites (tertiary alicyclic amines) is 1. The van der Waals surface area contributed by atoms with Gasteiger partial charge in [0.2, 0.25) is 5.91 Å². The Morgan fingerprint density at radius 2 is 2.30 bits per heavy atom. The molecule has 1 amide bonds. The molecular formula is C14H21N5O. The van der Waals surface area contributed by atoms with E-state index in [4.69, 9.17) is 11.0 Å². The molecule has 6 nitrogen and oxygen atoms in total. The number of carbonyl (C=O) groups is 1. The van der Waals surface area contributed by atoms with Gasteiger partial charge in [-0.25, -0.2) is 0 Å². The topological polar surface area (TPSA) is 87.9 Å². The largest absolute Gasteiger partial charge is 0.341 e. The van der Waals surface area contributed by atoms with Crippen LogP contribution in [-0.4, -0.2) is 39.7 Å². The molecule has 1 aliphatic heterocycles. The van der Waals surface area contributed by atoms with Crippen LogP contribution in [0.15, 0.2) is 12.3 Å². The number of nitrogens with zero attached hydrogens (tertiary/aromatic N) is 4. The molecule has 2 heterocycles. The summed E-state index contributed by atoms with van der Waals surface area (Å²) in [4.78, 5) is 14.1. The van der Waals surface area contributed by atoms with Crippen molar-refractivity contribution in [2.75, 3.05) is 13.1 Å². The Labute approximate surface area is 119 Å². The minimum Gasteiger partial charge on any atom is -0.341 e. The predicted molar refractivity (Wildman–Crippen MR) is 74.5 cm³/mol. The minimum absolute atomic E-state index is 0.0320. The third-order valence-electron chi connectivity index (χ3n) is 3.84. The molecule has 108 valence electrons. The SMILES string of the molecule is CC1CCN(C(=O)C(N)CCn2ccc(C#N)n2)CC1. The van der Waals surface area contributed by atoms with Crippen molar-refractivity contribution in [2.24, 2.45) is 11.7 Å². The zero-order valence-corrected chi connectivity index (χ0v) is 11.8. The zero-order valence-electron chi connectivity index (χ0n) is 11.8. The molecule has 1 saturated heterocycles. The Balaban J connectivity index is 1.80. The maximum absolute atomic E-state index is 12.2. The third kappa shape index (κ3) is 3.58. The first-order chi connectivity index (χ1) is 9.60. The number of hydrogen-bond donors (Lipinski definition) is 1. The van der Waals surface area contributed by atoms with Crippen molar-refractivity contribution in [3.63, 3.8) is 0 Å². The molecule has 0 bridgehead atoms. The first-order valence-electron chi connectivity index (χ1n) is 7.08. The molecular weight excluding hydrogens is 254 g/mol. The lowest BCUT2D eigenvalue weighted by Gasteiger charge is -2.32. The fraction of sp³-hybridized carbons (Fsp3) is 0.643. The number of carbonyl (C=O) groups excluding carboxylic acids is 1. The van der Waals surface area contributed by atoms with Crippen molar-refractivity contribution < 1.29 is 4.79 Å². The summed E-state index contributed by atoms with van der Waals surface area (Å²) in [6, 6.07) is 3.14. The van der Waals surface area contributed by atoms with Gasteiger partial charge >= 0.3 is 0 Å². The Morgan fingerprint density at radius 1 is 1.60 bits per heavy atom. The van der Waals surface area contributed by atoms with Crippen LogP contribution >= 0.6 is 0 Å². The van der Waals surface area contributed by atoms with E-state index < -0.39 is 6.04 Å². The zero-order chi connectivity index (χ0) is 14.5. The van der Waals surface area contributed by atoms with Crippen LogP contribution in [0.5, 0.6) is 0 Å². The second-order valence-corrected chi connectivity index (χ2v) is 5.48. The summed E-state index contributed by atoms with van der Waals surface area (Å²) in [5.41, 5.74) is 6.36. The van der Waals surface area contributed by atoms with E-state index in [0.717, 1.165) is 25.9 Å². The van der Waals surface area contributed by atoms with Gasteiger partial charge in [0, 0.05) is 25.8 Å². The van der Waals surface area contributed by atoms with Crippen molar-refractivity contribution in [1.29, 1.82) is 5.26 Å². The molecule has 1 aromatic rings. The summed E-state index contributed by atoms with van der Waals surface area (Å²) >= 11 is 0. The van der Waals surface area contributed by atoms with Gasteiger partial charge in [-0.15, -0.1) is 0 Å². The Kier molecular flexibility index (Phi) is 4.74. The van der Waals surface area contributed by atoms with Crippen molar-refractivity contribution in [3.05, 3.63) is 18.0 Å². The number of aryl methyl sites for hydroxylation is 1. The molecule has 0 aliphatic carbocycles. The fourth-order valence-electron chi connectivity index (χ4n) is 2.40. The molecule has 0 saturated carbocycles. The van der Waals surface area contributed by atoms with E-state index in [1.165, 1.54) is 0 Å². The van der Waals surface area contributed by atoms with Crippen molar-refractivity contribution in [3.8, 4) is 6.07 Å². The predicted octanol–water partition coefficient (Wildman–Crippen LogP) is 0.731. The van der Waals surface area contributed by atoms with Crippen molar-refractivity contribution in [1.82, 2.24) is 14.7 Å². The van der Waals surface area contributed by atoms with Gasteiger partial charge in [0.05, 0.1) is 6.04 Å². The summed E-state index contributed by atoms with van der Waals surface area (Å²) in [5.74, 6) is 0.730. The van der Waals surface area contributed by atoms with Crippen LogP contribution in [0.4, 0.5) is 0 Å². The molecule has 2 N–H and O–H groups in total. The number of aromatic nitrogens is 2. The van der Waals surface area contributed by atoms with Crippen LogP contribution < -0.4 is 5.73 Å². The van der Waals surface area contributed by atoms with Gasteiger partial charge in [-0.3, -0.25) is 9.48 Å². The maximum Gasteiger partial charge on any atom is 0.239 e. The average molecular weight is 275 g/mol. The quantitative estimate of drug-likeness (QED) is 0.877. The molecule has 1 fully saturated rings. The molecule has 0 radical (unpaired) electrons. The van der Waals surface area contributed by atoms with Crippen LogP contribution in [0, 0.1) is 17.2 Å². The summed E-state index contributed by atoms with van der Waals surface area (Å²) in [6.45, 7) is 4.40. The van der Waals surface area contributed by atoms with Crippen LogP contribution in [0.3, 0.4) is 0 Å². The second kappa shape index (κ2) is 6.53. The standard InChI is InChI=1S/C14H21N5O/c1-11-2-6-18(7-3-11)14(20)13(16)5-9-19-8-4-12(10-15)17-19/h4,8,11,13H,2-3,5-7,9,16H2,1H3. The normalized spacial score (nSPS) is 17.8. The van der Waals surface area contributed by atoms with Gasteiger partial charge in [0.25, 0.3) is 0 Å². The minimum atomic E-state index is -0.488. The van der Waals surface area contributed by atoms with E-state index in [2.05, 4.69) is 12.0 Å². The monoisotopic (exact) mass is 275 g/mol. The van der Waals surface area contributed by atoms with E-state index in [1.807, 2.05) is 11.0 Å². The van der Waals surface area contributed by atoms with Crippen LogP contribution in [0.1, 0.15) is 31.9 Å². The summed E-state index contributed by atoms with van der Waals surface area (Å²) in [5, 5.41) is 12.8. The highest BCUT2D eigenvalue weighted by Crippen LogP contribution is 2.16. The van der Waals surface area contributed by atoms with E-state index in [0.29, 0.717) is 24.6 Å². The van der Waals surface area contributed by atoms with Crippen LogP contribution in [-0.2, 0) is 11.3 Å². The lowest BCUT2D eigenvalue weighted by atomic mass is 9.98. The van der Waals surface area contributed by atoms with Gasteiger partial charge in [0.1, 0.15) is 6.07 Å². The first-order valence-corrected chi connectivity index (χ1v) is 7.08. The van der Waals surface area contributed by atoms with Gasteiger partial charge in [-0.1, -0.05) is 6.92 Å². The molecule has 6 heteroatoms. The molecule has 1 unspecified atom stereocenters. The van der Waals surface area contributed by atoms with Crippen LogP contribution in [0.25, 0.3) is 0 Å². The highest BCUT2D eigenvalue weighted by molar-refractivity contribution is 5.81. The molecule has 1 atom stereocenters. The summed E-state index contributed by atoms with van der Waals surface area (Å²) in [6.07, 6.45) is 4.39. The Morgan fingerprint density at radius 3 is 2.90 bits per heavy atom. The van der Waals surface area contributed by atoms with Gasteiger partial charge in [0.15, 0.2) is 5.69 Å². The second-order valence-electron chi connectivity index (χ2n) is 5.48. The summed E-state index contributed by atoms with van der Waals surface area (Å²) < 4.78 is 1.66. The van der Waals surface area contributed by atoms with E-state index in [-0.39, 0.29) is 5.91 Å². The molecule has 0 aromatic carbocycles. The fourth-order valence-corrected chi connectivity index (χ4v) is 2.40. The molecule has 1 aliphatic rings. The number of rotatable bonds is 4. The lowest BCUT2D eigenvalue weighted by Crippen LogP contribution is -2.47. The Bertz CT molecular complexity index is 496. The number of piperidine rings is 1. The van der Waals surface area contributed by atoms with E-state index >= 15 is 0 Å². The van der Waals surface area contributed by atoms with Gasteiger partial charge < -0.3 is 10.6 Å². The average Bonchev–Trinajstić information content (AvgIpc) is 2.93. The smallest absolute Gasteiger partial charge is 0.239 e. The maximum atomic E-state index is 12.2. The lowest BCUT2D eigenvalue weighted by molar-refractivity contribution is -0.134. The van der Waals surface area contributed by atoms with Gasteiger partial charge in [-0.2, -0.15) is 10.4 Å². The molecule has 1 aromatic heterocycles. The van der Waals surface area contributed by atoms with Crippen LogP contribution in [0.2, 0.25) is 0 Å². The van der Waals surface area contributed by atoms with E-state index in [9.17, 15) is 4.79 Å². The van der Waals surface area contributed by atoms with E-state index in [1.54, 1.807) is 16.9 Å².